The molecular weight excluding hydrogens is 354 g/mol. The highest BCUT2D eigenvalue weighted by atomic mass is 32.2. The summed E-state index contributed by atoms with van der Waals surface area (Å²) in [5.41, 5.74) is 0. The first-order valence-electron chi connectivity index (χ1n) is 8.04. The Hall–Kier alpha value is -3.01. The van der Waals surface area contributed by atoms with Crippen LogP contribution in [0.5, 0.6) is 0 Å². The Morgan fingerprint density at radius 3 is 2.42 bits per heavy atom. The fourth-order valence-electron chi connectivity index (χ4n) is 2.74. The normalized spacial score (nSPS) is 19.2. The Morgan fingerprint density at radius 2 is 1.73 bits per heavy atom. The number of amides is 2. The molecule has 2 aromatic heterocycles. The highest BCUT2D eigenvalue weighted by molar-refractivity contribution is 8.18. The summed E-state index contributed by atoms with van der Waals surface area (Å²) in [6, 6.07) is 3.64. The molecule has 2 fully saturated rings. The molecule has 2 aliphatic rings. The molecule has 0 aliphatic carbocycles. The second-order valence-electron chi connectivity index (χ2n) is 5.65. The number of hydrogen-bond acceptors (Lipinski definition) is 9. The number of rotatable bonds is 3. The van der Waals surface area contributed by atoms with Gasteiger partial charge in [0.05, 0.1) is 4.91 Å². The van der Waals surface area contributed by atoms with E-state index >= 15 is 0 Å². The molecule has 2 aromatic rings. The van der Waals surface area contributed by atoms with E-state index in [9.17, 15) is 9.59 Å². The van der Waals surface area contributed by atoms with Crippen LogP contribution in [0.15, 0.2) is 35.6 Å². The van der Waals surface area contributed by atoms with Crippen molar-refractivity contribution < 1.29 is 9.59 Å². The van der Waals surface area contributed by atoms with E-state index in [1.165, 1.54) is 6.08 Å². The number of hydrogen-bond donors (Lipinski definition) is 1. The largest absolute Gasteiger partial charge is 0.353 e. The molecule has 4 heterocycles. The van der Waals surface area contributed by atoms with Crippen molar-refractivity contribution >= 4 is 40.8 Å². The maximum Gasteiger partial charge on any atom is 0.290 e. The molecule has 4 rings (SSSR count). The van der Waals surface area contributed by atoms with Gasteiger partial charge in [-0.25, -0.2) is 19.9 Å². The van der Waals surface area contributed by atoms with E-state index < -0.39 is 5.91 Å². The monoisotopic (exact) mass is 369 g/mol. The Morgan fingerprint density at radius 1 is 1.00 bits per heavy atom. The third-order valence-corrected chi connectivity index (χ3v) is 4.81. The SMILES string of the molecule is O=C1NC(=O)/C(=C/c2nccc(N3CCN(c4ncccn4)CC3)n2)S1. The van der Waals surface area contributed by atoms with E-state index in [-0.39, 0.29) is 5.24 Å². The van der Waals surface area contributed by atoms with Gasteiger partial charge >= 0.3 is 0 Å². The van der Waals surface area contributed by atoms with Crippen LogP contribution < -0.4 is 15.1 Å². The maximum atomic E-state index is 11.6. The lowest BCUT2D eigenvalue weighted by Crippen LogP contribution is -2.47. The molecule has 132 valence electrons. The van der Waals surface area contributed by atoms with Crippen LogP contribution in [0.1, 0.15) is 5.82 Å². The lowest BCUT2D eigenvalue weighted by atomic mass is 10.3. The zero-order chi connectivity index (χ0) is 17.9. The summed E-state index contributed by atoms with van der Waals surface area (Å²) in [6.45, 7) is 3.13. The van der Waals surface area contributed by atoms with Gasteiger partial charge in [-0.15, -0.1) is 0 Å². The highest BCUT2D eigenvalue weighted by Gasteiger charge is 2.25. The van der Waals surface area contributed by atoms with Crippen molar-refractivity contribution in [3.8, 4) is 0 Å². The van der Waals surface area contributed by atoms with E-state index in [2.05, 4.69) is 35.1 Å². The summed E-state index contributed by atoms with van der Waals surface area (Å²) in [6.07, 6.45) is 6.66. The number of piperazine rings is 1. The van der Waals surface area contributed by atoms with Crippen LogP contribution in [0.2, 0.25) is 0 Å². The second kappa shape index (κ2) is 7.08. The van der Waals surface area contributed by atoms with Crippen LogP contribution in [0.4, 0.5) is 16.6 Å². The van der Waals surface area contributed by atoms with Crippen LogP contribution in [0.25, 0.3) is 6.08 Å². The molecule has 2 aliphatic heterocycles. The Labute approximate surface area is 153 Å². The average Bonchev–Trinajstić information content (AvgIpc) is 3.00. The molecule has 0 aromatic carbocycles. The summed E-state index contributed by atoms with van der Waals surface area (Å²) >= 11 is 0.855. The Kier molecular flexibility index (Phi) is 4.48. The minimum atomic E-state index is -0.412. The van der Waals surface area contributed by atoms with Gasteiger partial charge in [-0.3, -0.25) is 14.9 Å². The van der Waals surface area contributed by atoms with Gasteiger partial charge in [0, 0.05) is 50.8 Å². The summed E-state index contributed by atoms with van der Waals surface area (Å²) in [5, 5.41) is 1.84. The molecule has 2 amide bonds. The summed E-state index contributed by atoms with van der Waals surface area (Å²) in [4.78, 5) is 44.7. The number of aromatic nitrogens is 4. The van der Waals surface area contributed by atoms with E-state index in [0.29, 0.717) is 10.7 Å². The second-order valence-corrected chi connectivity index (χ2v) is 6.66. The fourth-order valence-corrected chi connectivity index (χ4v) is 3.39. The summed E-state index contributed by atoms with van der Waals surface area (Å²) in [7, 11) is 0. The van der Waals surface area contributed by atoms with Gasteiger partial charge in [-0.05, 0) is 23.9 Å². The van der Waals surface area contributed by atoms with E-state index in [1.54, 1.807) is 24.7 Å². The van der Waals surface area contributed by atoms with Gasteiger partial charge in [0.15, 0.2) is 5.82 Å². The molecule has 1 N–H and O–H groups in total. The van der Waals surface area contributed by atoms with Gasteiger partial charge in [-0.2, -0.15) is 0 Å². The molecule has 0 unspecified atom stereocenters. The lowest BCUT2D eigenvalue weighted by Gasteiger charge is -2.35. The number of carbonyl (C=O) groups excluding carboxylic acids is 2. The van der Waals surface area contributed by atoms with Crippen LogP contribution in [-0.2, 0) is 4.79 Å². The first-order chi connectivity index (χ1) is 12.7. The number of nitrogens with zero attached hydrogens (tertiary/aromatic N) is 6. The third kappa shape index (κ3) is 3.49. The van der Waals surface area contributed by atoms with E-state index in [0.717, 1.165) is 49.7 Å². The molecule has 0 bridgehead atoms. The number of thioether (sulfide) groups is 1. The standard InChI is InChI=1S/C16H15N7O2S/c24-14-11(26-16(25)21-14)10-12-17-5-2-13(20-12)22-6-8-23(9-7-22)15-18-3-1-4-19-15/h1-5,10H,6-9H2,(H,21,24,25)/b11-10-. The smallest absolute Gasteiger partial charge is 0.290 e. The van der Waals surface area contributed by atoms with Crippen molar-refractivity contribution in [1.29, 1.82) is 0 Å². The summed E-state index contributed by atoms with van der Waals surface area (Å²) < 4.78 is 0. The Bertz CT molecular complexity index is 866. The first kappa shape index (κ1) is 16.5. The fraction of sp³-hybridized carbons (Fsp3) is 0.250. The molecule has 0 atom stereocenters. The minimum absolute atomic E-state index is 0.304. The van der Waals surface area contributed by atoms with Gasteiger partial charge in [-0.1, -0.05) is 0 Å². The molecule has 0 spiro atoms. The van der Waals surface area contributed by atoms with Crippen LogP contribution >= 0.6 is 11.8 Å². The molecule has 9 nitrogen and oxygen atoms in total. The molecule has 0 radical (unpaired) electrons. The third-order valence-electron chi connectivity index (χ3n) is 4.00. The number of nitrogens with one attached hydrogen (secondary N) is 1. The maximum absolute atomic E-state index is 11.6. The first-order valence-corrected chi connectivity index (χ1v) is 8.85. The predicted molar refractivity (Wildman–Crippen MR) is 97.6 cm³/mol. The van der Waals surface area contributed by atoms with Crippen molar-refractivity contribution in [3.05, 3.63) is 41.5 Å². The van der Waals surface area contributed by atoms with Gasteiger partial charge in [0.1, 0.15) is 5.82 Å². The number of anilines is 2. The van der Waals surface area contributed by atoms with Gasteiger partial charge in [0.2, 0.25) is 5.95 Å². The Balaban J connectivity index is 1.45. The molecular formula is C16H15N7O2S. The topological polar surface area (TPSA) is 104 Å². The number of imide groups is 1. The average molecular weight is 369 g/mol. The van der Waals surface area contributed by atoms with Gasteiger partial charge in [0.25, 0.3) is 11.1 Å². The molecule has 2 saturated heterocycles. The van der Waals surface area contributed by atoms with Crippen molar-refractivity contribution in [2.45, 2.75) is 0 Å². The van der Waals surface area contributed by atoms with Gasteiger partial charge < -0.3 is 9.80 Å². The van der Waals surface area contributed by atoms with Crippen molar-refractivity contribution in [2.24, 2.45) is 0 Å². The van der Waals surface area contributed by atoms with E-state index in [4.69, 9.17) is 0 Å². The van der Waals surface area contributed by atoms with Crippen molar-refractivity contribution in [1.82, 2.24) is 25.3 Å². The van der Waals surface area contributed by atoms with Crippen LogP contribution in [0.3, 0.4) is 0 Å². The molecule has 26 heavy (non-hydrogen) atoms. The van der Waals surface area contributed by atoms with Crippen molar-refractivity contribution in [3.63, 3.8) is 0 Å². The van der Waals surface area contributed by atoms with Crippen LogP contribution in [-0.4, -0.2) is 57.3 Å². The quantitative estimate of drug-likeness (QED) is 0.791. The zero-order valence-electron chi connectivity index (χ0n) is 13.7. The summed E-state index contributed by atoms with van der Waals surface area (Å²) in [5.74, 6) is 1.51. The highest BCUT2D eigenvalue weighted by Crippen LogP contribution is 2.25. The lowest BCUT2D eigenvalue weighted by molar-refractivity contribution is -0.115. The predicted octanol–water partition coefficient (Wildman–Crippen LogP) is 0.917. The van der Waals surface area contributed by atoms with Crippen LogP contribution in [0, 0.1) is 0 Å². The van der Waals surface area contributed by atoms with Crippen molar-refractivity contribution in [2.75, 3.05) is 36.0 Å². The number of carbonyl (C=O) groups is 2. The van der Waals surface area contributed by atoms with E-state index in [1.807, 2.05) is 6.07 Å². The molecule has 0 saturated carbocycles. The minimum Gasteiger partial charge on any atom is -0.353 e. The zero-order valence-corrected chi connectivity index (χ0v) is 14.5. The molecule has 10 heteroatoms.